The van der Waals surface area contributed by atoms with Gasteiger partial charge in [0.25, 0.3) is 5.91 Å². The van der Waals surface area contributed by atoms with E-state index in [9.17, 15) is 9.59 Å². The first-order chi connectivity index (χ1) is 11.7. The first kappa shape index (κ1) is 16.2. The van der Waals surface area contributed by atoms with Gasteiger partial charge in [0, 0.05) is 24.8 Å². The Morgan fingerprint density at radius 2 is 2.08 bits per heavy atom. The van der Waals surface area contributed by atoms with E-state index >= 15 is 0 Å². The van der Waals surface area contributed by atoms with Crippen LogP contribution in [0.15, 0.2) is 47.2 Å². The van der Waals surface area contributed by atoms with Crippen molar-refractivity contribution in [1.82, 2.24) is 10.1 Å². The van der Waals surface area contributed by atoms with Crippen LogP contribution in [0.5, 0.6) is 0 Å². The van der Waals surface area contributed by atoms with Crippen LogP contribution in [0.2, 0.25) is 0 Å². The topological polar surface area (TPSA) is 84.7 Å². The van der Waals surface area contributed by atoms with Gasteiger partial charge in [0.1, 0.15) is 12.8 Å². The predicted octanol–water partition coefficient (Wildman–Crippen LogP) is 1.93. The van der Waals surface area contributed by atoms with Crippen molar-refractivity contribution < 1.29 is 18.8 Å². The van der Waals surface area contributed by atoms with Crippen molar-refractivity contribution in [3.63, 3.8) is 0 Å². The van der Waals surface area contributed by atoms with Crippen molar-refractivity contribution >= 4 is 17.6 Å². The van der Waals surface area contributed by atoms with Crippen LogP contribution in [0, 0.1) is 0 Å². The summed E-state index contributed by atoms with van der Waals surface area (Å²) in [7, 11) is 0. The number of rotatable bonds is 6. The van der Waals surface area contributed by atoms with Crippen molar-refractivity contribution in [1.29, 1.82) is 0 Å². The molecule has 2 heterocycles. The van der Waals surface area contributed by atoms with Gasteiger partial charge in [-0.2, -0.15) is 0 Å². The van der Waals surface area contributed by atoms with Gasteiger partial charge in [-0.15, -0.1) is 0 Å². The molecule has 1 aliphatic heterocycles. The molecule has 24 heavy (non-hydrogen) atoms. The minimum absolute atomic E-state index is 0.0301. The maximum atomic E-state index is 12.7. The van der Waals surface area contributed by atoms with E-state index in [1.807, 2.05) is 6.07 Å². The van der Waals surface area contributed by atoms with Crippen molar-refractivity contribution in [3.8, 4) is 0 Å². The second-order valence-corrected chi connectivity index (χ2v) is 5.62. The van der Waals surface area contributed by atoms with Crippen LogP contribution in [-0.2, 0) is 9.53 Å². The highest BCUT2D eigenvalue weighted by Gasteiger charge is 2.25. The number of carbonyl (C=O) groups excluding carboxylic acids is 2. The third-order valence-electron chi connectivity index (χ3n) is 3.80. The molecular formula is C17H19N3O4. The third-order valence-corrected chi connectivity index (χ3v) is 3.80. The lowest BCUT2D eigenvalue weighted by Crippen LogP contribution is -2.42. The number of hydrogen-bond acceptors (Lipinski definition) is 5. The van der Waals surface area contributed by atoms with Gasteiger partial charge in [0.15, 0.2) is 5.82 Å². The highest BCUT2D eigenvalue weighted by atomic mass is 16.5. The largest absolute Gasteiger partial charge is 0.376 e. The van der Waals surface area contributed by atoms with Gasteiger partial charge < -0.3 is 19.5 Å². The lowest BCUT2D eigenvalue weighted by molar-refractivity contribution is -0.117. The van der Waals surface area contributed by atoms with E-state index in [0.717, 1.165) is 12.8 Å². The fourth-order valence-electron chi connectivity index (χ4n) is 2.65. The lowest BCUT2D eigenvalue weighted by atomic mass is 10.1. The second-order valence-electron chi connectivity index (χ2n) is 5.62. The Morgan fingerprint density at radius 3 is 2.75 bits per heavy atom. The highest BCUT2D eigenvalue weighted by Crippen LogP contribution is 2.15. The van der Waals surface area contributed by atoms with Gasteiger partial charge in [0.2, 0.25) is 5.91 Å². The molecule has 126 valence electrons. The van der Waals surface area contributed by atoms with Crippen molar-refractivity contribution in [2.24, 2.45) is 0 Å². The van der Waals surface area contributed by atoms with Crippen LogP contribution in [0.25, 0.3) is 0 Å². The molecule has 0 spiro atoms. The zero-order chi connectivity index (χ0) is 16.8. The summed E-state index contributed by atoms with van der Waals surface area (Å²) in [6.45, 7) is 1.02. The van der Waals surface area contributed by atoms with E-state index in [1.54, 1.807) is 30.3 Å². The first-order valence-electron chi connectivity index (χ1n) is 7.88. The minimum atomic E-state index is -0.328. The van der Waals surface area contributed by atoms with E-state index in [0.29, 0.717) is 24.5 Å². The van der Waals surface area contributed by atoms with Gasteiger partial charge >= 0.3 is 0 Å². The lowest BCUT2D eigenvalue weighted by Gasteiger charge is -2.25. The predicted molar refractivity (Wildman–Crippen MR) is 86.5 cm³/mol. The average Bonchev–Trinajstić information content (AvgIpc) is 3.28. The Bertz CT molecular complexity index is 666. The molecule has 7 heteroatoms. The van der Waals surface area contributed by atoms with E-state index in [1.165, 1.54) is 11.2 Å². The summed E-state index contributed by atoms with van der Waals surface area (Å²) >= 11 is 0. The number of ether oxygens (including phenoxy) is 1. The Hall–Kier alpha value is -2.67. The van der Waals surface area contributed by atoms with E-state index in [-0.39, 0.29) is 24.5 Å². The molecule has 7 nitrogen and oxygen atoms in total. The number of amides is 2. The molecule has 2 aromatic rings. The molecule has 1 N–H and O–H groups in total. The third kappa shape index (κ3) is 4.20. The summed E-state index contributed by atoms with van der Waals surface area (Å²) in [5, 5.41) is 6.24. The summed E-state index contributed by atoms with van der Waals surface area (Å²) in [5.74, 6) is -0.197. The van der Waals surface area contributed by atoms with E-state index < -0.39 is 0 Å². The van der Waals surface area contributed by atoms with E-state index in [4.69, 9.17) is 4.74 Å². The summed E-state index contributed by atoms with van der Waals surface area (Å²) in [5.41, 5.74) is 0.546. The molecular weight excluding hydrogens is 310 g/mol. The number of aromatic nitrogens is 1. The fraction of sp³-hybridized carbons (Fsp3) is 0.353. The smallest absolute Gasteiger partial charge is 0.254 e. The molecule has 0 aliphatic carbocycles. The zero-order valence-electron chi connectivity index (χ0n) is 13.2. The van der Waals surface area contributed by atoms with Crippen LogP contribution < -0.4 is 5.32 Å². The van der Waals surface area contributed by atoms with Gasteiger partial charge in [0.05, 0.1) is 6.10 Å². The van der Waals surface area contributed by atoms with Gasteiger partial charge in [-0.1, -0.05) is 23.4 Å². The molecule has 1 aliphatic rings. The normalized spacial score (nSPS) is 16.8. The number of nitrogens with one attached hydrogen (secondary N) is 1. The molecule has 1 saturated heterocycles. The van der Waals surface area contributed by atoms with Crippen molar-refractivity contribution in [2.45, 2.75) is 18.9 Å². The van der Waals surface area contributed by atoms with Crippen molar-refractivity contribution in [3.05, 3.63) is 48.2 Å². The summed E-state index contributed by atoms with van der Waals surface area (Å²) in [4.78, 5) is 26.4. The van der Waals surface area contributed by atoms with Gasteiger partial charge in [-0.05, 0) is 25.0 Å². The average molecular weight is 329 g/mol. The minimum Gasteiger partial charge on any atom is -0.376 e. The molecule has 1 atom stereocenters. The Morgan fingerprint density at radius 1 is 1.25 bits per heavy atom. The van der Waals surface area contributed by atoms with Crippen LogP contribution in [0.1, 0.15) is 23.2 Å². The molecule has 1 aromatic heterocycles. The maximum absolute atomic E-state index is 12.7. The summed E-state index contributed by atoms with van der Waals surface area (Å²) < 4.78 is 10.3. The van der Waals surface area contributed by atoms with Crippen LogP contribution in [-0.4, -0.2) is 47.7 Å². The summed E-state index contributed by atoms with van der Waals surface area (Å²) in [6, 6.07) is 10.5. The number of benzene rings is 1. The van der Waals surface area contributed by atoms with E-state index in [2.05, 4.69) is 15.0 Å². The van der Waals surface area contributed by atoms with Crippen molar-refractivity contribution in [2.75, 3.05) is 25.0 Å². The Labute approximate surface area is 139 Å². The Balaban J connectivity index is 1.68. The number of anilines is 1. The van der Waals surface area contributed by atoms with Gasteiger partial charge in [-0.25, -0.2) is 0 Å². The molecule has 1 aromatic carbocycles. The molecule has 0 bridgehead atoms. The maximum Gasteiger partial charge on any atom is 0.254 e. The number of carbonyl (C=O) groups is 2. The fourth-order valence-corrected chi connectivity index (χ4v) is 2.65. The molecule has 3 rings (SSSR count). The number of nitrogens with zero attached hydrogens (tertiary/aromatic N) is 2. The zero-order valence-corrected chi connectivity index (χ0v) is 13.2. The summed E-state index contributed by atoms with van der Waals surface area (Å²) in [6.07, 6.45) is 3.21. The Kier molecular flexibility index (Phi) is 5.22. The first-order valence-corrected chi connectivity index (χ1v) is 7.88. The number of hydrogen-bond donors (Lipinski definition) is 1. The van der Waals surface area contributed by atoms with Gasteiger partial charge in [-0.3, -0.25) is 9.59 Å². The highest BCUT2D eigenvalue weighted by molar-refractivity contribution is 5.99. The molecule has 0 radical (unpaired) electrons. The quantitative estimate of drug-likeness (QED) is 0.875. The van der Waals surface area contributed by atoms with Crippen LogP contribution in [0.4, 0.5) is 5.82 Å². The molecule has 1 unspecified atom stereocenters. The molecule has 2 amide bonds. The van der Waals surface area contributed by atoms with Crippen LogP contribution >= 0.6 is 0 Å². The molecule has 0 saturated carbocycles. The monoisotopic (exact) mass is 329 g/mol. The SMILES string of the molecule is O=C(CN(CC1CCCO1)C(=O)c1ccccc1)Nc1ccon1. The second kappa shape index (κ2) is 7.74. The molecule has 1 fully saturated rings. The van der Waals surface area contributed by atoms with Crippen LogP contribution in [0.3, 0.4) is 0 Å². The standard InChI is InChI=1S/C17H19N3O4/c21-16(18-15-8-10-24-19-15)12-20(11-14-7-4-9-23-14)17(22)13-5-2-1-3-6-13/h1-3,5-6,8,10,14H,4,7,9,11-12H2,(H,18,19,21).